The standard InChI is InChI=1S/C20H31N3O.ClH/c1-16(22-19(24)20(2)11-6-7-12-21-20)18-10-13-23(15-18)14-17-8-4-3-5-9-17;/h3-5,8-9,16,18,21H,6-7,10-15H2,1-2H3,(H,22,24);1H. The van der Waals surface area contributed by atoms with Crippen molar-refractivity contribution in [2.24, 2.45) is 5.92 Å². The maximum atomic E-state index is 12.7. The summed E-state index contributed by atoms with van der Waals surface area (Å²) >= 11 is 0. The zero-order chi connectivity index (χ0) is 17.0. The molecule has 1 amide bonds. The van der Waals surface area contributed by atoms with E-state index in [4.69, 9.17) is 0 Å². The van der Waals surface area contributed by atoms with E-state index >= 15 is 0 Å². The summed E-state index contributed by atoms with van der Waals surface area (Å²) in [6.07, 6.45) is 4.42. The first-order chi connectivity index (χ1) is 11.6. The third-order valence-corrected chi connectivity index (χ3v) is 5.74. The van der Waals surface area contributed by atoms with Gasteiger partial charge in [-0.25, -0.2) is 0 Å². The predicted octanol–water partition coefficient (Wildman–Crippen LogP) is 2.97. The van der Waals surface area contributed by atoms with Crippen molar-refractivity contribution in [2.75, 3.05) is 19.6 Å². The molecule has 5 heteroatoms. The second kappa shape index (κ2) is 9.02. The number of nitrogens with zero attached hydrogens (tertiary/aromatic N) is 1. The molecule has 4 nitrogen and oxygen atoms in total. The Morgan fingerprint density at radius 3 is 2.80 bits per heavy atom. The van der Waals surface area contributed by atoms with Crippen LogP contribution in [0.15, 0.2) is 30.3 Å². The lowest BCUT2D eigenvalue weighted by Gasteiger charge is -2.35. The van der Waals surface area contributed by atoms with Gasteiger partial charge >= 0.3 is 0 Å². The number of hydrogen-bond acceptors (Lipinski definition) is 3. The van der Waals surface area contributed by atoms with Crippen molar-refractivity contribution in [2.45, 2.75) is 57.7 Å². The molecule has 1 aromatic carbocycles. The lowest BCUT2D eigenvalue weighted by molar-refractivity contribution is -0.128. The monoisotopic (exact) mass is 365 g/mol. The fourth-order valence-electron chi connectivity index (χ4n) is 3.99. The lowest BCUT2D eigenvalue weighted by atomic mass is 9.89. The van der Waals surface area contributed by atoms with Crippen LogP contribution in [0, 0.1) is 5.92 Å². The van der Waals surface area contributed by atoms with E-state index < -0.39 is 0 Å². The molecule has 0 spiro atoms. The van der Waals surface area contributed by atoms with Crippen molar-refractivity contribution in [1.82, 2.24) is 15.5 Å². The van der Waals surface area contributed by atoms with Gasteiger partial charge < -0.3 is 10.6 Å². The predicted molar refractivity (Wildman–Crippen MR) is 105 cm³/mol. The van der Waals surface area contributed by atoms with Crippen LogP contribution in [0.1, 0.15) is 45.1 Å². The Balaban J connectivity index is 0.00000225. The molecular formula is C20H32ClN3O. The summed E-state index contributed by atoms with van der Waals surface area (Å²) in [7, 11) is 0. The number of amides is 1. The van der Waals surface area contributed by atoms with Crippen LogP contribution in [-0.2, 0) is 11.3 Å². The zero-order valence-corrected chi connectivity index (χ0v) is 16.3. The number of piperidine rings is 1. The quantitative estimate of drug-likeness (QED) is 0.843. The summed E-state index contributed by atoms with van der Waals surface area (Å²) in [4.78, 5) is 15.2. The van der Waals surface area contributed by atoms with Crippen molar-refractivity contribution < 1.29 is 4.79 Å². The Labute approximate surface area is 158 Å². The molecule has 0 radical (unpaired) electrons. The van der Waals surface area contributed by atoms with Crippen molar-refractivity contribution in [3.63, 3.8) is 0 Å². The van der Waals surface area contributed by atoms with Crippen molar-refractivity contribution in [3.8, 4) is 0 Å². The van der Waals surface area contributed by atoms with Crippen LogP contribution in [0.2, 0.25) is 0 Å². The van der Waals surface area contributed by atoms with Crippen LogP contribution in [0.25, 0.3) is 0 Å². The van der Waals surface area contributed by atoms with Crippen LogP contribution in [-0.4, -0.2) is 42.0 Å². The average molecular weight is 366 g/mol. The summed E-state index contributed by atoms with van der Waals surface area (Å²) < 4.78 is 0. The molecule has 2 saturated heterocycles. The number of halogens is 1. The van der Waals surface area contributed by atoms with Gasteiger partial charge in [-0.1, -0.05) is 30.3 Å². The smallest absolute Gasteiger partial charge is 0.240 e. The van der Waals surface area contributed by atoms with Crippen molar-refractivity contribution in [3.05, 3.63) is 35.9 Å². The highest BCUT2D eigenvalue weighted by atomic mass is 35.5. The van der Waals surface area contributed by atoms with E-state index in [0.717, 1.165) is 39.0 Å². The van der Waals surface area contributed by atoms with Gasteiger partial charge in [-0.2, -0.15) is 0 Å². The number of carbonyl (C=O) groups is 1. The molecule has 2 aliphatic heterocycles. The molecule has 2 aliphatic rings. The van der Waals surface area contributed by atoms with Crippen molar-refractivity contribution >= 4 is 18.3 Å². The van der Waals surface area contributed by atoms with Gasteiger partial charge in [-0.15, -0.1) is 12.4 Å². The first-order valence-electron chi connectivity index (χ1n) is 9.39. The number of benzene rings is 1. The van der Waals surface area contributed by atoms with Gasteiger partial charge in [0.15, 0.2) is 0 Å². The largest absolute Gasteiger partial charge is 0.352 e. The first kappa shape index (κ1) is 20.2. The van der Waals surface area contributed by atoms with Gasteiger partial charge in [0.1, 0.15) is 0 Å². The third-order valence-electron chi connectivity index (χ3n) is 5.74. The Morgan fingerprint density at radius 2 is 2.12 bits per heavy atom. The molecule has 0 aliphatic carbocycles. The SMILES string of the molecule is CC(NC(=O)C1(C)CCCCN1)C1CCN(Cc2ccccc2)C1.Cl. The normalized spacial score (nSPS) is 28.2. The van der Waals surface area contributed by atoms with E-state index in [0.29, 0.717) is 5.92 Å². The number of rotatable bonds is 5. The van der Waals surface area contributed by atoms with E-state index in [2.05, 4.69) is 52.8 Å². The van der Waals surface area contributed by atoms with E-state index in [9.17, 15) is 4.79 Å². The van der Waals surface area contributed by atoms with Crippen LogP contribution in [0.5, 0.6) is 0 Å². The van der Waals surface area contributed by atoms with Crippen LogP contribution in [0.3, 0.4) is 0 Å². The molecule has 3 rings (SSSR count). The van der Waals surface area contributed by atoms with E-state index in [1.807, 2.05) is 6.92 Å². The van der Waals surface area contributed by atoms with Gasteiger partial charge in [-0.05, 0) is 64.1 Å². The number of nitrogens with one attached hydrogen (secondary N) is 2. The minimum absolute atomic E-state index is 0. The maximum absolute atomic E-state index is 12.7. The molecule has 140 valence electrons. The van der Waals surface area contributed by atoms with Gasteiger partial charge in [0, 0.05) is 19.1 Å². The zero-order valence-electron chi connectivity index (χ0n) is 15.5. The van der Waals surface area contributed by atoms with Gasteiger partial charge in [-0.3, -0.25) is 9.69 Å². The molecule has 0 aromatic heterocycles. The molecular weight excluding hydrogens is 334 g/mol. The molecule has 2 fully saturated rings. The summed E-state index contributed by atoms with van der Waals surface area (Å²) in [5.74, 6) is 0.723. The minimum Gasteiger partial charge on any atom is -0.352 e. The maximum Gasteiger partial charge on any atom is 0.240 e. The van der Waals surface area contributed by atoms with Crippen molar-refractivity contribution in [1.29, 1.82) is 0 Å². The lowest BCUT2D eigenvalue weighted by Crippen LogP contribution is -2.59. The Morgan fingerprint density at radius 1 is 1.36 bits per heavy atom. The second-order valence-electron chi connectivity index (χ2n) is 7.75. The fourth-order valence-corrected chi connectivity index (χ4v) is 3.99. The highest BCUT2D eigenvalue weighted by Gasteiger charge is 2.36. The Kier molecular flexibility index (Phi) is 7.29. The van der Waals surface area contributed by atoms with E-state index in [-0.39, 0.29) is 29.9 Å². The van der Waals surface area contributed by atoms with Gasteiger partial charge in [0.25, 0.3) is 0 Å². The minimum atomic E-state index is -0.380. The van der Waals surface area contributed by atoms with Gasteiger partial charge in [0.05, 0.1) is 5.54 Å². The Hall–Kier alpha value is -1.10. The molecule has 2 heterocycles. The summed E-state index contributed by atoms with van der Waals surface area (Å²) in [6.45, 7) is 8.37. The summed E-state index contributed by atoms with van der Waals surface area (Å²) in [5.41, 5.74) is 0.989. The van der Waals surface area contributed by atoms with Crippen LogP contribution >= 0.6 is 12.4 Å². The van der Waals surface area contributed by atoms with E-state index in [1.54, 1.807) is 0 Å². The molecule has 3 unspecified atom stereocenters. The molecule has 0 bridgehead atoms. The fraction of sp³-hybridized carbons (Fsp3) is 0.650. The highest BCUT2D eigenvalue weighted by molar-refractivity contribution is 5.86. The van der Waals surface area contributed by atoms with Gasteiger partial charge in [0.2, 0.25) is 5.91 Å². The van der Waals surface area contributed by atoms with Crippen LogP contribution in [0.4, 0.5) is 0 Å². The summed E-state index contributed by atoms with van der Waals surface area (Å²) in [6, 6.07) is 10.9. The molecule has 25 heavy (non-hydrogen) atoms. The summed E-state index contributed by atoms with van der Waals surface area (Å²) in [5, 5.41) is 6.70. The average Bonchev–Trinajstić information content (AvgIpc) is 3.05. The molecule has 1 aromatic rings. The number of likely N-dealkylation sites (tertiary alicyclic amines) is 1. The second-order valence-corrected chi connectivity index (χ2v) is 7.75. The number of carbonyl (C=O) groups excluding carboxylic acids is 1. The third kappa shape index (κ3) is 5.19. The molecule has 0 saturated carbocycles. The number of hydrogen-bond donors (Lipinski definition) is 2. The first-order valence-corrected chi connectivity index (χ1v) is 9.39. The molecule has 2 N–H and O–H groups in total. The van der Waals surface area contributed by atoms with Crippen LogP contribution < -0.4 is 10.6 Å². The van der Waals surface area contributed by atoms with E-state index in [1.165, 1.54) is 18.4 Å². The Bertz CT molecular complexity index is 545. The topological polar surface area (TPSA) is 44.4 Å². The molecule has 3 atom stereocenters. The highest BCUT2D eigenvalue weighted by Crippen LogP contribution is 2.23.